The highest BCUT2D eigenvalue weighted by Gasteiger charge is 2.49. The molecule has 1 heterocycles. The third-order valence-corrected chi connectivity index (χ3v) is 5.43. The second-order valence-electron chi connectivity index (χ2n) is 7.59. The number of aliphatic hydroxyl groups is 1. The summed E-state index contributed by atoms with van der Waals surface area (Å²) in [5.74, 6) is 0.267. The number of piperidine rings is 1. The molecule has 1 fully saturated rings. The summed E-state index contributed by atoms with van der Waals surface area (Å²) in [5.41, 5.74) is 2.65. The van der Waals surface area contributed by atoms with Gasteiger partial charge in [0.1, 0.15) is 0 Å². The Hall–Kier alpha value is -0.860. The first-order valence-corrected chi connectivity index (χ1v) is 7.62. The van der Waals surface area contributed by atoms with Crippen molar-refractivity contribution >= 4 is 0 Å². The van der Waals surface area contributed by atoms with Crippen LogP contribution in [-0.2, 0) is 6.42 Å². The number of aliphatic hydroxyl groups excluding tert-OH is 1. The van der Waals surface area contributed by atoms with E-state index >= 15 is 0 Å². The van der Waals surface area contributed by atoms with E-state index in [9.17, 15) is 5.11 Å². The zero-order valence-electron chi connectivity index (χ0n) is 13.8. The highest BCUT2D eigenvalue weighted by atomic mass is 16.3. The molecule has 1 aromatic rings. The molecule has 20 heavy (non-hydrogen) atoms. The Balaban J connectivity index is 2.24. The van der Waals surface area contributed by atoms with Crippen LogP contribution in [0.4, 0.5) is 0 Å². The van der Waals surface area contributed by atoms with Crippen molar-refractivity contribution in [3.8, 4) is 0 Å². The molecular formula is C18H29NO. The maximum Gasteiger partial charge on any atom is 0.0606 e. The predicted octanol–water partition coefficient (Wildman–Crippen LogP) is 3.41. The van der Waals surface area contributed by atoms with E-state index < -0.39 is 0 Å². The van der Waals surface area contributed by atoms with Crippen LogP contribution in [0.25, 0.3) is 0 Å². The van der Waals surface area contributed by atoms with Gasteiger partial charge in [-0.05, 0) is 60.1 Å². The van der Waals surface area contributed by atoms with E-state index in [1.807, 2.05) is 0 Å². The summed E-state index contributed by atoms with van der Waals surface area (Å²) in [4.78, 5) is 2.44. The number of likely N-dealkylation sites (tertiary alicyclic amines) is 1. The van der Waals surface area contributed by atoms with Gasteiger partial charge in [-0.2, -0.15) is 0 Å². The van der Waals surface area contributed by atoms with E-state index in [0.717, 1.165) is 12.8 Å². The quantitative estimate of drug-likeness (QED) is 0.894. The summed E-state index contributed by atoms with van der Waals surface area (Å²) < 4.78 is 0. The van der Waals surface area contributed by atoms with Crippen molar-refractivity contribution in [3.63, 3.8) is 0 Å². The van der Waals surface area contributed by atoms with Gasteiger partial charge in [-0.15, -0.1) is 0 Å². The molecule has 2 atom stereocenters. The minimum absolute atomic E-state index is 0.00788. The van der Waals surface area contributed by atoms with E-state index in [2.05, 4.69) is 70.8 Å². The lowest BCUT2D eigenvalue weighted by atomic mass is 9.69. The number of hydrogen-bond acceptors (Lipinski definition) is 2. The van der Waals surface area contributed by atoms with Crippen LogP contribution in [-0.4, -0.2) is 34.2 Å². The highest BCUT2D eigenvalue weighted by Crippen LogP contribution is 2.42. The normalized spacial score (nSPS) is 29.4. The van der Waals surface area contributed by atoms with Gasteiger partial charge < -0.3 is 5.11 Å². The third-order valence-electron chi connectivity index (χ3n) is 5.43. The molecule has 1 aromatic carbocycles. The van der Waals surface area contributed by atoms with E-state index in [1.165, 1.54) is 11.1 Å². The van der Waals surface area contributed by atoms with E-state index in [1.54, 1.807) is 0 Å². The smallest absolute Gasteiger partial charge is 0.0606 e. The van der Waals surface area contributed by atoms with Crippen LogP contribution in [0.3, 0.4) is 0 Å². The minimum Gasteiger partial charge on any atom is -0.393 e. The summed E-state index contributed by atoms with van der Waals surface area (Å²) in [6.45, 7) is 11.1. The van der Waals surface area contributed by atoms with E-state index in [-0.39, 0.29) is 23.1 Å². The molecule has 2 unspecified atom stereocenters. The fraction of sp³-hybridized carbons (Fsp3) is 0.667. The van der Waals surface area contributed by atoms with Crippen LogP contribution in [0.1, 0.15) is 45.2 Å². The molecule has 0 aromatic heterocycles. The topological polar surface area (TPSA) is 23.5 Å². The van der Waals surface area contributed by atoms with Gasteiger partial charge in [-0.25, -0.2) is 0 Å². The molecule has 2 heteroatoms. The van der Waals surface area contributed by atoms with Crippen molar-refractivity contribution < 1.29 is 5.11 Å². The van der Waals surface area contributed by atoms with Gasteiger partial charge in [0.2, 0.25) is 0 Å². The van der Waals surface area contributed by atoms with Crippen LogP contribution in [0, 0.1) is 12.8 Å². The SMILES string of the molecule is Cc1ccc(CC2C(O)CC(C)(C)N(C)C2(C)C)cc1. The zero-order chi connectivity index (χ0) is 15.1. The summed E-state index contributed by atoms with van der Waals surface area (Å²) in [7, 11) is 2.19. The van der Waals surface area contributed by atoms with Crippen LogP contribution < -0.4 is 0 Å². The third kappa shape index (κ3) is 2.77. The van der Waals surface area contributed by atoms with Crippen LogP contribution in [0.2, 0.25) is 0 Å². The van der Waals surface area contributed by atoms with Gasteiger partial charge >= 0.3 is 0 Å². The summed E-state index contributed by atoms with van der Waals surface area (Å²) >= 11 is 0. The van der Waals surface area contributed by atoms with Crippen LogP contribution >= 0.6 is 0 Å². The molecule has 1 aliphatic rings. The van der Waals surface area contributed by atoms with Gasteiger partial charge in [0.05, 0.1) is 6.10 Å². The number of hydrogen-bond donors (Lipinski definition) is 1. The zero-order valence-corrected chi connectivity index (χ0v) is 13.8. The van der Waals surface area contributed by atoms with Crippen molar-refractivity contribution in [2.24, 2.45) is 5.92 Å². The molecule has 0 amide bonds. The Morgan fingerprint density at radius 3 is 2.25 bits per heavy atom. The van der Waals surface area contributed by atoms with Crippen molar-refractivity contribution in [2.75, 3.05) is 7.05 Å². The monoisotopic (exact) mass is 275 g/mol. The maximum atomic E-state index is 10.6. The van der Waals surface area contributed by atoms with Crippen molar-refractivity contribution in [1.29, 1.82) is 0 Å². The number of aryl methyl sites for hydroxylation is 1. The molecule has 112 valence electrons. The lowest BCUT2D eigenvalue weighted by Crippen LogP contribution is -2.65. The second-order valence-corrected chi connectivity index (χ2v) is 7.59. The average molecular weight is 275 g/mol. The molecular weight excluding hydrogens is 246 g/mol. The lowest BCUT2D eigenvalue weighted by Gasteiger charge is -2.57. The Kier molecular flexibility index (Phi) is 4.01. The molecule has 0 bridgehead atoms. The fourth-order valence-corrected chi connectivity index (χ4v) is 3.65. The average Bonchev–Trinajstić information content (AvgIpc) is 2.34. The second kappa shape index (κ2) is 5.16. The Labute approximate surface area is 123 Å². The Bertz CT molecular complexity index is 461. The first-order valence-electron chi connectivity index (χ1n) is 7.62. The van der Waals surface area contributed by atoms with Gasteiger partial charge in [0.15, 0.2) is 0 Å². The number of nitrogens with zero attached hydrogens (tertiary/aromatic N) is 1. The molecule has 2 rings (SSSR count). The van der Waals surface area contributed by atoms with Gasteiger partial charge in [0, 0.05) is 17.0 Å². The molecule has 1 aliphatic heterocycles. The Morgan fingerprint density at radius 1 is 1.15 bits per heavy atom. The molecule has 0 radical (unpaired) electrons. The van der Waals surface area contributed by atoms with Crippen molar-refractivity contribution in [1.82, 2.24) is 4.90 Å². The molecule has 1 N–H and O–H groups in total. The molecule has 0 spiro atoms. The van der Waals surface area contributed by atoms with Crippen molar-refractivity contribution in [3.05, 3.63) is 35.4 Å². The summed E-state index contributed by atoms with van der Waals surface area (Å²) in [5, 5.41) is 10.6. The van der Waals surface area contributed by atoms with E-state index in [4.69, 9.17) is 0 Å². The molecule has 0 aliphatic carbocycles. The lowest BCUT2D eigenvalue weighted by molar-refractivity contribution is -0.111. The Morgan fingerprint density at radius 2 is 1.70 bits per heavy atom. The summed E-state index contributed by atoms with van der Waals surface area (Å²) in [6.07, 6.45) is 1.54. The fourth-order valence-electron chi connectivity index (χ4n) is 3.65. The number of rotatable bonds is 2. The first kappa shape index (κ1) is 15.5. The van der Waals surface area contributed by atoms with Crippen LogP contribution in [0.5, 0.6) is 0 Å². The largest absolute Gasteiger partial charge is 0.393 e. The summed E-state index contributed by atoms with van der Waals surface area (Å²) in [6, 6.07) is 8.70. The van der Waals surface area contributed by atoms with Crippen molar-refractivity contribution in [2.45, 2.75) is 64.6 Å². The van der Waals surface area contributed by atoms with Crippen LogP contribution in [0.15, 0.2) is 24.3 Å². The van der Waals surface area contributed by atoms with E-state index in [0.29, 0.717) is 0 Å². The molecule has 1 saturated heterocycles. The first-order chi connectivity index (χ1) is 9.14. The molecule has 2 nitrogen and oxygen atoms in total. The predicted molar refractivity (Wildman–Crippen MR) is 84.9 cm³/mol. The number of benzene rings is 1. The minimum atomic E-state index is -0.238. The highest BCUT2D eigenvalue weighted by molar-refractivity contribution is 5.23. The standard InChI is InChI=1S/C18H29NO/c1-13-7-9-14(10-8-13)11-15-16(20)12-17(2,3)19(6)18(15,4)5/h7-10,15-16,20H,11-12H2,1-6H3. The van der Waals surface area contributed by atoms with Gasteiger partial charge in [0.25, 0.3) is 0 Å². The van der Waals surface area contributed by atoms with Gasteiger partial charge in [-0.1, -0.05) is 29.8 Å². The molecule has 0 saturated carbocycles. The van der Waals surface area contributed by atoms with Gasteiger partial charge in [-0.3, -0.25) is 4.90 Å². The maximum absolute atomic E-state index is 10.6.